The normalized spacial score (nSPS) is 13.3. The third kappa shape index (κ3) is 2.18. The Morgan fingerprint density at radius 1 is 1.38 bits per heavy atom. The minimum absolute atomic E-state index is 0.0209. The second-order valence-electron chi connectivity index (χ2n) is 3.76. The van der Waals surface area contributed by atoms with Crippen molar-refractivity contribution in [2.75, 3.05) is 5.73 Å². The van der Waals surface area contributed by atoms with E-state index in [1.54, 1.807) is 6.20 Å². The molecular weight excluding hydrogens is 162 g/mol. The van der Waals surface area contributed by atoms with Gasteiger partial charge in [-0.25, -0.2) is 4.98 Å². The molecule has 3 nitrogen and oxygen atoms in total. The van der Waals surface area contributed by atoms with E-state index in [0.29, 0.717) is 11.7 Å². The van der Waals surface area contributed by atoms with Crippen LogP contribution in [0.3, 0.4) is 0 Å². The second kappa shape index (κ2) is 3.75. The molecule has 1 rings (SSSR count). The molecule has 0 radical (unpaired) electrons. The Morgan fingerprint density at radius 3 is 2.54 bits per heavy atom. The highest BCUT2D eigenvalue weighted by Gasteiger charge is 2.13. The van der Waals surface area contributed by atoms with E-state index in [2.05, 4.69) is 18.8 Å². The first-order valence-corrected chi connectivity index (χ1v) is 4.50. The monoisotopic (exact) mass is 179 g/mol. The summed E-state index contributed by atoms with van der Waals surface area (Å²) in [7, 11) is 0. The van der Waals surface area contributed by atoms with Gasteiger partial charge in [0.15, 0.2) is 0 Å². The first kappa shape index (κ1) is 9.99. The molecule has 3 heteroatoms. The first-order chi connectivity index (χ1) is 6.02. The molecule has 0 unspecified atom stereocenters. The van der Waals surface area contributed by atoms with Gasteiger partial charge in [0.25, 0.3) is 0 Å². The largest absolute Gasteiger partial charge is 0.383 e. The van der Waals surface area contributed by atoms with Crippen LogP contribution in [-0.4, -0.2) is 4.98 Å². The van der Waals surface area contributed by atoms with Crippen molar-refractivity contribution in [3.05, 3.63) is 23.4 Å². The Morgan fingerprint density at radius 2 is 2.00 bits per heavy atom. The molecule has 4 N–H and O–H groups in total. The van der Waals surface area contributed by atoms with E-state index in [4.69, 9.17) is 11.5 Å². The maximum atomic E-state index is 5.99. The van der Waals surface area contributed by atoms with Crippen LogP contribution in [-0.2, 0) is 0 Å². The number of hydrogen-bond acceptors (Lipinski definition) is 3. The number of nitrogens with zero attached hydrogens (tertiary/aromatic N) is 1. The molecule has 0 aliphatic heterocycles. The van der Waals surface area contributed by atoms with Crippen LogP contribution in [0.25, 0.3) is 0 Å². The molecule has 1 aromatic rings. The van der Waals surface area contributed by atoms with Crippen molar-refractivity contribution in [1.29, 1.82) is 0 Å². The van der Waals surface area contributed by atoms with Crippen molar-refractivity contribution in [2.45, 2.75) is 26.8 Å². The SMILES string of the molecule is Cc1cnc(N)c([C@@H](N)C(C)C)c1. The van der Waals surface area contributed by atoms with Crippen molar-refractivity contribution >= 4 is 5.82 Å². The van der Waals surface area contributed by atoms with Crippen LogP contribution >= 0.6 is 0 Å². The zero-order chi connectivity index (χ0) is 10.0. The van der Waals surface area contributed by atoms with Crippen LogP contribution in [0.5, 0.6) is 0 Å². The van der Waals surface area contributed by atoms with Crippen LogP contribution in [0.15, 0.2) is 12.3 Å². The van der Waals surface area contributed by atoms with Gasteiger partial charge in [0.05, 0.1) is 0 Å². The third-order valence-corrected chi connectivity index (χ3v) is 2.16. The number of nitrogens with two attached hydrogens (primary N) is 2. The number of pyridine rings is 1. The van der Waals surface area contributed by atoms with Crippen LogP contribution in [0, 0.1) is 12.8 Å². The molecule has 0 saturated carbocycles. The fourth-order valence-electron chi connectivity index (χ4n) is 1.23. The highest BCUT2D eigenvalue weighted by Crippen LogP contribution is 2.23. The summed E-state index contributed by atoms with van der Waals surface area (Å²) in [6.45, 7) is 6.14. The summed E-state index contributed by atoms with van der Waals surface area (Å²) in [5, 5.41) is 0. The van der Waals surface area contributed by atoms with Gasteiger partial charge in [-0.1, -0.05) is 13.8 Å². The van der Waals surface area contributed by atoms with Gasteiger partial charge in [-0.3, -0.25) is 0 Å². The van der Waals surface area contributed by atoms with E-state index >= 15 is 0 Å². The maximum Gasteiger partial charge on any atom is 0.128 e. The van der Waals surface area contributed by atoms with Crippen molar-refractivity contribution in [2.24, 2.45) is 11.7 Å². The standard InChI is InChI=1S/C10H17N3/c1-6(2)9(11)8-4-7(3)5-13-10(8)12/h4-6,9H,11H2,1-3H3,(H2,12,13)/t9-/m0/s1. The number of hydrogen-bond donors (Lipinski definition) is 2. The van der Waals surface area contributed by atoms with E-state index < -0.39 is 0 Å². The predicted molar refractivity (Wildman–Crippen MR) is 55.2 cm³/mol. The summed E-state index contributed by atoms with van der Waals surface area (Å²) in [5.41, 5.74) is 13.8. The summed E-state index contributed by atoms with van der Waals surface area (Å²) in [5.74, 6) is 0.928. The molecule has 0 fully saturated rings. The lowest BCUT2D eigenvalue weighted by molar-refractivity contribution is 0.514. The van der Waals surface area contributed by atoms with Crippen molar-refractivity contribution in [1.82, 2.24) is 4.98 Å². The van der Waals surface area contributed by atoms with Crippen LogP contribution in [0.1, 0.15) is 31.0 Å². The molecule has 0 bridgehead atoms. The first-order valence-electron chi connectivity index (χ1n) is 4.50. The highest BCUT2D eigenvalue weighted by molar-refractivity contribution is 5.42. The average Bonchev–Trinajstić information content (AvgIpc) is 2.08. The molecule has 0 spiro atoms. The van der Waals surface area contributed by atoms with Gasteiger partial charge in [0.1, 0.15) is 5.82 Å². The van der Waals surface area contributed by atoms with Crippen molar-refractivity contribution in [3.63, 3.8) is 0 Å². The quantitative estimate of drug-likeness (QED) is 0.725. The minimum atomic E-state index is -0.0209. The molecule has 1 heterocycles. The average molecular weight is 179 g/mol. The number of aromatic nitrogens is 1. The van der Waals surface area contributed by atoms with Gasteiger partial charge in [0.2, 0.25) is 0 Å². The Bertz CT molecular complexity index is 294. The summed E-state index contributed by atoms with van der Waals surface area (Å²) in [4.78, 5) is 4.08. The summed E-state index contributed by atoms with van der Waals surface area (Å²) in [6.07, 6.45) is 1.76. The Balaban J connectivity index is 3.05. The molecule has 1 atom stereocenters. The summed E-state index contributed by atoms with van der Waals surface area (Å²) >= 11 is 0. The van der Waals surface area contributed by atoms with Gasteiger partial charge < -0.3 is 11.5 Å². The van der Waals surface area contributed by atoms with E-state index in [1.807, 2.05) is 13.0 Å². The summed E-state index contributed by atoms with van der Waals surface area (Å²) in [6, 6.07) is 1.99. The molecule has 0 aliphatic rings. The lowest BCUT2D eigenvalue weighted by atomic mass is 9.97. The highest BCUT2D eigenvalue weighted by atomic mass is 14.8. The number of rotatable bonds is 2. The topological polar surface area (TPSA) is 64.9 Å². The van der Waals surface area contributed by atoms with Crippen LogP contribution < -0.4 is 11.5 Å². The molecule has 0 aromatic carbocycles. The smallest absolute Gasteiger partial charge is 0.128 e. The van der Waals surface area contributed by atoms with Crippen molar-refractivity contribution < 1.29 is 0 Å². The lowest BCUT2D eigenvalue weighted by Gasteiger charge is -2.17. The van der Waals surface area contributed by atoms with Crippen LogP contribution in [0.2, 0.25) is 0 Å². The van der Waals surface area contributed by atoms with E-state index in [0.717, 1.165) is 11.1 Å². The van der Waals surface area contributed by atoms with Gasteiger partial charge in [-0.15, -0.1) is 0 Å². The lowest BCUT2D eigenvalue weighted by Crippen LogP contribution is -2.19. The Kier molecular flexibility index (Phi) is 2.88. The molecule has 1 aromatic heterocycles. The van der Waals surface area contributed by atoms with E-state index in [-0.39, 0.29) is 6.04 Å². The Labute approximate surface area is 79.2 Å². The Hall–Kier alpha value is -1.09. The summed E-state index contributed by atoms with van der Waals surface area (Å²) < 4.78 is 0. The zero-order valence-electron chi connectivity index (χ0n) is 8.41. The number of anilines is 1. The molecular formula is C10H17N3. The molecule has 72 valence electrons. The predicted octanol–water partition coefficient (Wildman–Crippen LogP) is 1.63. The van der Waals surface area contributed by atoms with Gasteiger partial charge in [0, 0.05) is 17.8 Å². The zero-order valence-corrected chi connectivity index (χ0v) is 8.41. The molecule has 0 aliphatic carbocycles. The molecule has 13 heavy (non-hydrogen) atoms. The number of aryl methyl sites for hydroxylation is 1. The van der Waals surface area contributed by atoms with Gasteiger partial charge in [-0.05, 0) is 24.5 Å². The van der Waals surface area contributed by atoms with Crippen LogP contribution in [0.4, 0.5) is 5.82 Å². The number of nitrogen functional groups attached to an aromatic ring is 1. The fourth-order valence-corrected chi connectivity index (χ4v) is 1.23. The second-order valence-corrected chi connectivity index (χ2v) is 3.76. The fraction of sp³-hybridized carbons (Fsp3) is 0.500. The molecule has 0 saturated heterocycles. The van der Waals surface area contributed by atoms with Gasteiger partial charge in [-0.2, -0.15) is 0 Å². The minimum Gasteiger partial charge on any atom is -0.383 e. The molecule has 0 amide bonds. The maximum absolute atomic E-state index is 5.99. The van der Waals surface area contributed by atoms with E-state index in [9.17, 15) is 0 Å². The third-order valence-electron chi connectivity index (χ3n) is 2.16. The van der Waals surface area contributed by atoms with Gasteiger partial charge >= 0.3 is 0 Å². The van der Waals surface area contributed by atoms with Crippen molar-refractivity contribution in [3.8, 4) is 0 Å². The van der Waals surface area contributed by atoms with E-state index in [1.165, 1.54) is 0 Å².